The summed E-state index contributed by atoms with van der Waals surface area (Å²) in [6.07, 6.45) is 3.92. The summed E-state index contributed by atoms with van der Waals surface area (Å²) >= 11 is 2.21. The molecule has 0 saturated carbocycles. The van der Waals surface area contributed by atoms with Gasteiger partial charge >= 0.3 is 0 Å². The van der Waals surface area contributed by atoms with E-state index in [-0.39, 0.29) is 5.56 Å². The predicted octanol–water partition coefficient (Wildman–Crippen LogP) is 5.96. The van der Waals surface area contributed by atoms with Crippen molar-refractivity contribution in [1.82, 2.24) is 14.5 Å². The largest absolute Gasteiger partial charge is 0.497 e. The number of aryl methyl sites for hydroxylation is 1. The Labute approximate surface area is 198 Å². The minimum atomic E-state index is -0.114. The van der Waals surface area contributed by atoms with Crippen molar-refractivity contribution in [2.75, 3.05) is 7.11 Å². The number of nitrogens with zero attached hydrogens (tertiary/aromatic N) is 2. The third-order valence-electron chi connectivity index (χ3n) is 5.51. The van der Waals surface area contributed by atoms with Crippen molar-refractivity contribution in [2.45, 2.75) is 6.92 Å². The van der Waals surface area contributed by atoms with Gasteiger partial charge in [-0.2, -0.15) is 0 Å². The van der Waals surface area contributed by atoms with Gasteiger partial charge < -0.3 is 9.72 Å². The molecule has 5 nitrogen and oxygen atoms in total. The Bertz CT molecular complexity index is 1560. The highest BCUT2D eigenvalue weighted by molar-refractivity contribution is 14.1. The van der Waals surface area contributed by atoms with Gasteiger partial charge in [0.15, 0.2) is 0 Å². The average molecular weight is 533 g/mol. The van der Waals surface area contributed by atoms with Crippen LogP contribution in [0.25, 0.3) is 39.6 Å². The highest BCUT2D eigenvalue weighted by Gasteiger charge is 2.13. The zero-order valence-electron chi connectivity index (χ0n) is 17.6. The molecule has 2 aromatic heterocycles. The summed E-state index contributed by atoms with van der Waals surface area (Å²) in [5, 5.41) is 1.71. The fourth-order valence-electron chi connectivity index (χ4n) is 3.96. The van der Waals surface area contributed by atoms with Gasteiger partial charge in [-0.1, -0.05) is 24.3 Å². The van der Waals surface area contributed by atoms with E-state index >= 15 is 0 Å². The third kappa shape index (κ3) is 3.60. The molecule has 0 saturated heterocycles. The molecule has 158 valence electrons. The third-order valence-corrected chi connectivity index (χ3v) is 6.18. The van der Waals surface area contributed by atoms with Crippen LogP contribution in [0.3, 0.4) is 0 Å². The maximum Gasteiger partial charge on any atom is 0.266 e. The number of hydrogen-bond donors (Lipinski definition) is 1. The minimum absolute atomic E-state index is 0.114. The average Bonchev–Trinajstić information content (AvgIpc) is 3.13. The molecule has 0 spiro atoms. The van der Waals surface area contributed by atoms with Crippen LogP contribution in [0.15, 0.2) is 71.5 Å². The molecular formula is C26H20IN3O2. The number of ether oxygens (including phenoxy) is 1. The summed E-state index contributed by atoms with van der Waals surface area (Å²) in [7, 11) is 1.61. The summed E-state index contributed by atoms with van der Waals surface area (Å²) in [4.78, 5) is 21.8. The smallest absolute Gasteiger partial charge is 0.266 e. The van der Waals surface area contributed by atoms with E-state index in [0.29, 0.717) is 28.2 Å². The molecule has 0 unspecified atom stereocenters. The number of para-hydroxylation sites is 1. The van der Waals surface area contributed by atoms with Crippen molar-refractivity contribution in [2.24, 2.45) is 0 Å². The topological polar surface area (TPSA) is 59.9 Å². The maximum absolute atomic E-state index is 13.6. The number of aromatic nitrogens is 3. The van der Waals surface area contributed by atoms with Gasteiger partial charge in [0.2, 0.25) is 0 Å². The fourth-order valence-corrected chi connectivity index (χ4v) is 4.45. The number of aromatic amines is 1. The highest BCUT2D eigenvalue weighted by atomic mass is 127. The van der Waals surface area contributed by atoms with Crippen molar-refractivity contribution in [1.29, 1.82) is 0 Å². The zero-order valence-corrected chi connectivity index (χ0v) is 19.8. The van der Waals surface area contributed by atoms with Crippen LogP contribution in [0.4, 0.5) is 0 Å². The Kier molecular flexibility index (Phi) is 5.30. The van der Waals surface area contributed by atoms with Gasteiger partial charge in [-0.05, 0) is 78.1 Å². The van der Waals surface area contributed by atoms with Gasteiger partial charge in [-0.3, -0.25) is 9.36 Å². The fraction of sp³-hybridized carbons (Fsp3) is 0.0769. The van der Waals surface area contributed by atoms with Gasteiger partial charge in [0, 0.05) is 31.8 Å². The van der Waals surface area contributed by atoms with Crippen LogP contribution in [0, 0.1) is 10.5 Å². The molecule has 0 aliphatic rings. The Balaban J connectivity index is 1.76. The SMILES string of the molecule is COc1cccc(-n2c(C=Cc3c(C)[nH]c4ccccc34)nc3ccc(I)cc3c2=O)c1. The van der Waals surface area contributed by atoms with E-state index in [4.69, 9.17) is 9.72 Å². The maximum atomic E-state index is 13.6. The first kappa shape index (κ1) is 20.5. The minimum Gasteiger partial charge on any atom is -0.497 e. The van der Waals surface area contributed by atoms with Crippen molar-refractivity contribution >= 4 is 56.5 Å². The monoisotopic (exact) mass is 533 g/mol. The summed E-state index contributed by atoms with van der Waals surface area (Å²) in [6, 6.07) is 21.4. The number of H-pyrrole nitrogens is 1. The Morgan fingerprint density at radius 2 is 1.84 bits per heavy atom. The molecule has 6 heteroatoms. The second-order valence-corrected chi connectivity index (χ2v) is 8.76. The summed E-state index contributed by atoms with van der Waals surface area (Å²) in [5.41, 5.74) is 4.48. The predicted molar refractivity (Wildman–Crippen MR) is 139 cm³/mol. The summed E-state index contributed by atoms with van der Waals surface area (Å²) in [6.45, 7) is 2.05. The van der Waals surface area contributed by atoms with Crippen molar-refractivity contribution in [3.63, 3.8) is 0 Å². The van der Waals surface area contributed by atoms with E-state index in [1.54, 1.807) is 11.7 Å². The first-order chi connectivity index (χ1) is 15.5. The van der Waals surface area contributed by atoms with Crippen molar-refractivity contribution in [3.05, 3.63) is 97.7 Å². The van der Waals surface area contributed by atoms with Crippen LogP contribution in [0.2, 0.25) is 0 Å². The number of rotatable bonds is 4. The van der Waals surface area contributed by atoms with Crippen LogP contribution >= 0.6 is 22.6 Å². The second-order valence-electron chi connectivity index (χ2n) is 7.52. The molecule has 0 atom stereocenters. The lowest BCUT2D eigenvalue weighted by atomic mass is 10.1. The molecule has 2 heterocycles. The first-order valence-corrected chi connectivity index (χ1v) is 11.2. The van der Waals surface area contributed by atoms with Crippen molar-refractivity contribution < 1.29 is 4.74 Å². The Hall–Kier alpha value is -3.39. The highest BCUT2D eigenvalue weighted by Crippen LogP contribution is 2.25. The molecule has 32 heavy (non-hydrogen) atoms. The number of nitrogens with one attached hydrogen (secondary N) is 1. The molecular weight excluding hydrogens is 513 g/mol. The molecule has 3 aromatic carbocycles. The van der Waals surface area contributed by atoms with Gasteiger partial charge in [0.05, 0.1) is 23.7 Å². The number of benzene rings is 3. The lowest BCUT2D eigenvalue weighted by Gasteiger charge is -2.12. The van der Waals surface area contributed by atoms with Gasteiger partial charge in [0.25, 0.3) is 5.56 Å². The van der Waals surface area contributed by atoms with Crippen LogP contribution in [0.5, 0.6) is 5.75 Å². The van der Waals surface area contributed by atoms with Gasteiger partial charge in [0.1, 0.15) is 11.6 Å². The number of halogens is 1. The number of hydrogen-bond acceptors (Lipinski definition) is 3. The molecule has 0 bridgehead atoms. The Morgan fingerprint density at radius 1 is 1.00 bits per heavy atom. The molecule has 0 fully saturated rings. The van der Waals surface area contributed by atoms with Crippen LogP contribution < -0.4 is 10.3 Å². The van der Waals surface area contributed by atoms with E-state index in [0.717, 1.165) is 25.7 Å². The molecule has 0 radical (unpaired) electrons. The van der Waals surface area contributed by atoms with Crippen molar-refractivity contribution in [3.8, 4) is 11.4 Å². The molecule has 0 aliphatic carbocycles. The lowest BCUT2D eigenvalue weighted by Crippen LogP contribution is -2.22. The van der Waals surface area contributed by atoms with Gasteiger partial charge in [-0.15, -0.1) is 0 Å². The van der Waals surface area contributed by atoms with E-state index in [2.05, 4.69) is 39.7 Å². The molecule has 1 N–H and O–H groups in total. The second kappa shape index (κ2) is 8.27. The zero-order chi connectivity index (χ0) is 22.2. The van der Waals surface area contributed by atoms with E-state index < -0.39 is 0 Å². The van der Waals surface area contributed by atoms with E-state index in [1.807, 2.05) is 73.7 Å². The first-order valence-electron chi connectivity index (χ1n) is 10.2. The molecule has 5 aromatic rings. The lowest BCUT2D eigenvalue weighted by molar-refractivity contribution is 0.414. The normalized spacial score (nSPS) is 11.6. The van der Waals surface area contributed by atoms with Crippen LogP contribution in [0.1, 0.15) is 17.1 Å². The number of methoxy groups -OCH3 is 1. The van der Waals surface area contributed by atoms with E-state index in [9.17, 15) is 4.79 Å². The van der Waals surface area contributed by atoms with Crippen LogP contribution in [-0.2, 0) is 0 Å². The quantitative estimate of drug-likeness (QED) is 0.290. The molecule has 0 aliphatic heterocycles. The van der Waals surface area contributed by atoms with E-state index in [1.165, 1.54) is 0 Å². The number of fused-ring (bicyclic) bond motifs is 2. The summed E-state index contributed by atoms with van der Waals surface area (Å²) in [5.74, 6) is 1.24. The standard InChI is InChI=1S/C26H20IN3O2/c1-16-20(21-8-3-4-9-23(21)28-16)11-13-25-29-24-12-10-17(27)14-22(24)26(31)30(25)18-6-5-7-19(15-18)32-2/h3-15,28H,1-2H3. The summed E-state index contributed by atoms with van der Waals surface area (Å²) < 4.78 is 8.02. The van der Waals surface area contributed by atoms with Crippen LogP contribution in [-0.4, -0.2) is 21.6 Å². The van der Waals surface area contributed by atoms with Gasteiger partial charge in [-0.25, -0.2) is 4.98 Å². The molecule has 5 rings (SSSR count). The molecule has 0 amide bonds. The Morgan fingerprint density at radius 3 is 2.69 bits per heavy atom.